The fraction of sp³-hybridized carbons (Fsp3) is 0.649. The van der Waals surface area contributed by atoms with Crippen LogP contribution in [0.2, 0.25) is 0 Å². The van der Waals surface area contributed by atoms with Gasteiger partial charge in [0, 0.05) is 39.9 Å². The topological polar surface area (TPSA) is 119 Å². The number of carboxylic acid groups (broad SMARTS) is 1. The van der Waals surface area contributed by atoms with Gasteiger partial charge in [-0.25, -0.2) is 4.79 Å². The number of fused-ring (bicyclic) bond motifs is 1. The molecule has 11 heteroatoms. The van der Waals surface area contributed by atoms with E-state index < -0.39 is 35.9 Å². The van der Waals surface area contributed by atoms with Gasteiger partial charge in [0.2, 0.25) is 0 Å². The van der Waals surface area contributed by atoms with E-state index in [0.29, 0.717) is 52.7 Å². The molecule has 0 spiro atoms. The molecule has 2 aliphatic heterocycles. The van der Waals surface area contributed by atoms with Crippen molar-refractivity contribution in [2.24, 2.45) is 5.41 Å². The highest BCUT2D eigenvalue weighted by Gasteiger charge is 2.51. The minimum absolute atomic E-state index is 0.192. The Labute approximate surface area is 286 Å². The summed E-state index contributed by atoms with van der Waals surface area (Å²) in [5, 5.41) is 20.5. The fourth-order valence-electron chi connectivity index (χ4n) is 6.71. The number of benzene rings is 2. The molecule has 0 aliphatic carbocycles. The van der Waals surface area contributed by atoms with Crippen LogP contribution in [0.1, 0.15) is 63.1 Å². The second-order valence-corrected chi connectivity index (χ2v) is 13.9. The number of nitrogens with zero attached hydrogens (tertiary/aromatic N) is 2. The van der Waals surface area contributed by atoms with Crippen LogP contribution in [0.4, 0.5) is 10.5 Å². The van der Waals surface area contributed by atoms with Crippen LogP contribution in [0, 0.1) is 5.41 Å². The molecule has 48 heavy (non-hydrogen) atoms. The number of aliphatic hydroxyl groups is 1. The summed E-state index contributed by atoms with van der Waals surface area (Å²) in [6, 6.07) is 13.9. The summed E-state index contributed by atoms with van der Waals surface area (Å²) in [6.45, 7) is 13.1. The van der Waals surface area contributed by atoms with Crippen LogP contribution < -0.4 is 9.64 Å². The highest BCUT2D eigenvalue weighted by Crippen LogP contribution is 2.43. The molecule has 0 aromatic heterocycles. The zero-order valence-corrected chi connectivity index (χ0v) is 29.6. The molecule has 1 fully saturated rings. The third-order valence-corrected chi connectivity index (χ3v) is 9.05. The Balaban J connectivity index is 1.65. The van der Waals surface area contributed by atoms with Crippen molar-refractivity contribution in [3.05, 3.63) is 59.2 Å². The van der Waals surface area contributed by atoms with Crippen LogP contribution in [-0.4, -0.2) is 112 Å². The summed E-state index contributed by atoms with van der Waals surface area (Å²) in [6.07, 6.45) is -1.21. The van der Waals surface area contributed by atoms with Gasteiger partial charge in [-0.15, -0.1) is 0 Å². The van der Waals surface area contributed by atoms with Crippen molar-refractivity contribution in [1.82, 2.24) is 4.90 Å². The van der Waals surface area contributed by atoms with E-state index in [1.165, 1.54) is 4.90 Å². The van der Waals surface area contributed by atoms with Gasteiger partial charge in [0.1, 0.15) is 12.4 Å². The van der Waals surface area contributed by atoms with Crippen LogP contribution in [0.25, 0.3) is 0 Å². The smallest absolute Gasteiger partial charge is 0.407 e. The first-order chi connectivity index (χ1) is 23.0. The van der Waals surface area contributed by atoms with Gasteiger partial charge in [-0.1, -0.05) is 51.1 Å². The number of hydrogen-bond donors (Lipinski definition) is 2. The van der Waals surface area contributed by atoms with E-state index in [1.54, 1.807) is 21.1 Å². The molecular weight excluding hydrogens is 616 g/mol. The van der Waals surface area contributed by atoms with Gasteiger partial charge in [0.15, 0.2) is 0 Å². The average molecular weight is 673 g/mol. The molecule has 5 atom stereocenters. The molecule has 0 bridgehead atoms. The highest BCUT2D eigenvalue weighted by atomic mass is 16.5. The molecule has 268 valence electrons. The van der Waals surface area contributed by atoms with Gasteiger partial charge in [-0.3, -0.25) is 4.90 Å². The van der Waals surface area contributed by atoms with Gasteiger partial charge in [-0.2, -0.15) is 0 Å². The van der Waals surface area contributed by atoms with Crippen molar-refractivity contribution in [3.63, 3.8) is 0 Å². The normalized spacial score (nSPS) is 21.9. The van der Waals surface area contributed by atoms with Gasteiger partial charge in [0.25, 0.3) is 0 Å². The zero-order chi connectivity index (χ0) is 34.7. The maximum Gasteiger partial charge on any atom is 0.407 e. The van der Waals surface area contributed by atoms with Gasteiger partial charge < -0.3 is 43.5 Å². The first-order valence-corrected chi connectivity index (χ1v) is 17.1. The number of ether oxygens (including phenoxy) is 6. The summed E-state index contributed by atoms with van der Waals surface area (Å²) in [5.41, 5.74) is 3.61. The van der Waals surface area contributed by atoms with Crippen molar-refractivity contribution in [1.29, 1.82) is 0 Å². The Bertz CT molecular complexity index is 1270. The lowest BCUT2D eigenvalue weighted by Crippen LogP contribution is -2.64. The highest BCUT2D eigenvalue weighted by molar-refractivity contribution is 5.66. The molecule has 2 heterocycles. The number of carbonyl (C=O) groups is 1. The molecule has 1 amide bonds. The van der Waals surface area contributed by atoms with E-state index in [1.807, 2.05) is 45.0 Å². The molecular formula is C37H56N2O9. The largest absolute Gasteiger partial charge is 0.490 e. The minimum atomic E-state index is -1.01. The van der Waals surface area contributed by atoms with Gasteiger partial charge in [-0.05, 0) is 54.0 Å². The van der Waals surface area contributed by atoms with E-state index in [-0.39, 0.29) is 12.5 Å². The van der Waals surface area contributed by atoms with E-state index in [2.05, 4.69) is 23.1 Å². The first kappa shape index (κ1) is 37.9. The van der Waals surface area contributed by atoms with Gasteiger partial charge >= 0.3 is 6.09 Å². The third kappa shape index (κ3) is 10.3. The Morgan fingerprint density at radius 2 is 1.71 bits per heavy atom. The standard InChI is InChI=1S/C37H56N2O9/c1-26(40)14-18-47-34-33(29-11-8-27(9-12-29)24-45-21-20-44-6)32(23-39(36(41)42)35(34)37(2,3)4)48-25-28-10-13-31-30(22-28)38(16-19-46-31)15-7-17-43-5/h8-13,22,26,32-35,40H,7,14-21,23-25H2,1-6H3,(H,41,42)/t26?,32-,33-,34-,35?/m0/s1. The molecule has 2 N–H and O–H groups in total. The Kier molecular flexibility index (Phi) is 14.3. The number of likely N-dealkylation sites (tertiary alicyclic amines) is 1. The molecule has 2 aliphatic rings. The Morgan fingerprint density at radius 1 is 0.979 bits per heavy atom. The molecule has 0 saturated carbocycles. The maximum absolute atomic E-state index is 12.8. The number of piperidine rings is 1. The Hall–Kier alpha value is -2.93. The molecule has 4 rings (SSSR count). The van der Waals surface area contributed by atoms with E-state index >= 15 is 0 Å². The summed E-state index contributed by atoms with van der Waals surface area (Å²) >= 11 is 0. The lowest BCUT2D eigenvalue weighted by atomic mass is 9.71. The lowest BCUT2D eigenvalue weighted by Gasteiger charge is -2.52. The predicted molar refractivity (Wildman–Crippen MR) is 184 cm³/mol. The number of methoxy groups -OCH3 is 2. The maximum atomic E-state index is 12.8. The minimum Gasteiger partial charge on any atom is -0.490 e. The summed E-state index contributed by atoms with van der Waals surface area (Å²) in [4.78, 5) is 16.6. The molecule has 2 aromatic carbocycles. The molecule has 11 nitrogen and oxygen atoms in total. The number of rotatable bonds is 17. The van der Waals surface area contributed by atoms with E-state index in [0.717, 1.165) is 47.6 Å². The van der Waals surface area contributed by atoms with E-state index in [4.69, 9.17) is 28.4 Å². The van der Waals surface area contributed by atoms with Crippen molar-refractivity contribution in [2.45, 2.75) is 84.0 Å². The second-order valence-electron chi connectivity index (χ2n) is 13.9. The van der Waals surface area contributed by atoms with Crippen LogP contribution in [-0.2, 0) is 36.9 Å². The lowest BCUT2D eigenvalue weighted by molar-refractivity contribution is -0.138. The average Bonchev–Trinajstić information content (AvgIpc) is 3.05. The first-order valence-electron chi connectivity index (χ1n) is 17.1. The van der Waals surface area contributed by atoms with Crippen LogP contribution >= 0.6 is 0 Å². The number of hydrogen-bond acceptors (Lipinski definition) is 9. The van der Waals surface area contributed by atoms with Crippen LogP contribution in [0.15, 0.2) is 42.5 Å². The zero-order valence-electron chi connectivity index (χ0n) is 29.6. The van der Waals surface area contributed by atoms with Crippen LogP contribution in [0.5, 0.6) is 5.75 Å². The molecule has 2 unspecified atom stereocenters. The van der Waals surface area contributed by atoms with Gasteiger partial charge in [0.05, 0.1) is 69.6 Å². The van der Waals surface area contributed by atoms with Crippen molar-refractivity contribution in [2.75, 3.05) is 71.8 Å². The van der Waals surface area contributed by atoms with Crippen LogP contribution in [0.3, 0.4) is 0 Å². The number of amides is 1. The summed E-state index contributed by atoms with van der Waals surface area (Å²) in [5.74, 6) is 0.578. The van der Waals surface area contributed by atoms with Crippen molar-refractivity contribution in [3.8, 4) is 5.75 Å². The SMILES string of the molecule is COCCCN1CCOc2ccc(CO[C@H]3CN(C(=O)O)C(C(C)(C)C)[C@@H](OCCC(C)O)[C@H]3c3ccc(COCCOC)cc3)cc21. The quantitative estimate of drug-likeness (QED) is 0.214. The fourth-order valence-corrected chi connectivity index (χ4v) is 6.71. The summed E-state index contributed by atoms with van der Waals surface area (Å²) in [7, 11) is 3.36. The molecule has 2 aromatic rings. The number of aliphatic hydroxyl groups excluding tert-OH is 1. The molecule has 0 radical (unpaired) electrons. The van der Waals surface area contributed by atoms with E-state index in [9.17, 15) is 15.0 Å². The summed E-state index contributed by atoms with van der Waals surface area (Å²) < 4.78 is 35.4. The van der Waals surface area contributed by atoms with Crippen molar-refractivity contribution < 1.29 is 43.4 Å². The monoisotopic (exact) mass is 672 g/mol. The Morgan fingerprint density at radius 3 is 2.38 bits per heavy atom. The number of anilines is 1. The van der Waals surface area contributed by atoms with Crippen molar-refractivity contribution >= 4 is 11.8 Å². The second kappa shape index (κ2) is 18.2. The predicted octanol–water partition coefficient (Wildman–Crippen LogP) is 5.32. The molecule has 1 saturated heterocycles. The third-order valence-electron chi connectivity index (χ3n) is 9.05.